The van der Waals surface area contributed by atoms with E-state index < -0.39 is 0 Å². The van der Waals surface area contributed by atoms with Crippen molar-refractivity contribution in [3.63, 3.8) is 0 Å². The smallest absolute Gasteiger partial charge is 0.252 e. The molecule has 1 amide bonds. The minimum absolute atomic E-state index is 0.0483. The van der Waals surface area contributed by atoms with Gasteiger partial charge in [0.1, 0.15) is 0 Å². The lowest BCUT2D eigenvalue weighted by molar-refractivity contribution is 0.0945. The second kappa shape index (κ2) is 6.34. The summed E-state index contributed by atoms with van der Waals surface area (Å²) < 4.78 is 1.00. The van der Waals surface area contributed by atoms with Gasteiger partial charge in [-0.2, -0.15) is 0 Å². The van der Waals surface area contributed by atoms with E-state index in [1.165, 1.54) is 19.3 Å². The van der Waals surface area contributed by atoms with E-state index in [4.69, 9.17) is 0 Å². The molecule has 5 heteroatoms. The van der Waals surface area contributed by atoms with E-state index in [0.717, 1.165) is 27.1 Å². The van der Waals surface area contributed by atoms with Gasteiger partial charge in [0.05, 0.1) is 9.35 Å². The highest BCUT2D eigenvalue weighted by atomic mass is 79.9. The molecule has 0 bridgehead atoms. The highest BCUT2D eigenvalue weighted by Gasteiger charge is 2.26. The number of amides is 1. The first-order valence-corrected chi connectivity index (χ1v) is 8.58. The maximum Gasteiger partial charge on any atom is 0.252 e. The standard InChI is InChI=1S/C12H15Br2NOS/c13-5-8-2-1-3-9(8)6-15-12(16)10-4-11(14)17-7-10/h4,7-9H,1-3,5-6H2,(H,15,16). The zero-order chi connectivity index (χ0) is 12.3. The molecule has 1 N–H and O–H groups in total. The van der Waals surface area contributed by atoms with Crippen LogP contribution in [0.3, 0.4) is 0 Å². The van der Waals surface area contributed by atoms with Crippen LogP contribution in [0.2, 0.25) is 0 Å². The number of thiophene rings is 1. The first-order chi connectivity index (χ1) is 8.20. The molecule has 0 aromatic carbocycles. The van der Waals surface area contributed by atoms with Gasteiger partial charge in [0.25, 0.3) is 5.91 Å². The fraction of sp³-hybridized carbons (Fsp3) is 0.583. The monoisotopic (exact) mass is 379 g/mol. The Balaban J connectivity index is 1.84. The fourth-order valence-electron chi connectivity index (χ4n) is 2.34. The van der Waals surface area contributed by atoms with E-state index in [9.17, 15) is 4.79 Å². The number of carbonyl (C=O) groups excluding carboxylic acids is 1. The van der Waals surface area contributed by atoms with E-state index in [1.807, 2.05) is 11.4 Å². The first-order valence-electron chi connectivity index (χ1n) is 5.79. The Morgan fingerprint density at radius 1 is 1.47 bits per heavy atom. The number of nitrogens with one attached hydrogen (secondary N) is 1. The Morgan fingerprint density at radius 2 is 2.24 bits per heavy atom. The molecule has 1 aromatic rings. The maximum absolute atomic E-state index is 11.9. The minimum atomic E-state index is 0.0483. The summed E-state index contributed by atoms with van der Waals surface area (Å²) in [6.07, 6.45) is 3.82. The second-order valence-corrected chi connectivity index (χ2v) is 7.39. The molecule has 94 valence electrons. The summed E-state index contributed by atoms with van der Waals surface area (Å²) in [7, 11) is 0. The van der Waals surface area contributed by atoms with Crippen LogP contribution in [0.15, 0.2) is 15.2 Å². The van der Waals surface area contributed by atoms with E-state index in [1.54, 1.807) is 11.3 Å². The summed E-state index contributed by atoms with van der Waals surface area (Å²) in [4.78, 5) is 11.9. The van der Waals surface area contributed by atoms with Gasteiger partial charge in [0, 0.05) is 17.3 Å². The topological polar surface area (TPSA) is 29.1 Å². The van der Waals surface area contributed by atoms with Crippen LogP contribution in [0.25, 0.3) is 0 Å². The normalized spacial score (nSPS) is 23.9. The third-order valence-corrected chi connectivity index (χ3v) is 5.71. The fourth-order valence-corrected chi connectivity index (χ4v) is 4.33. The van der Waals surface area contributed by atoms with E-state index in [0.29, 0.717) is 5.92 Å². The SMILES string of the molecule is O=C(NCC1CCCC1CBr)c1csc(Br)c1. The van der Waals surface area contributed by atoms with Gasteiger partial charge in [0.2, 0.25) is 0 Å². The number of hydrogen-bond donors (Lipinski definition) is 1. The lowest BCUT2D eigenvalue weighted by Gasteiger charge is -2.17. The summed E-state index contributed by atoms with van der Waals surface area (Å²) >= 11 is 8.47. The number of hydrogen-bond acceptors (Lipinski definition) is 2. The van der Waals surface area contributed by atoms with Gasteiger partial charge in [-0.05, 0) is 46.7 Å². The van der Waals surface area contributed by atoms with Crippen LogP contribution in [0.4, 0.5) is 0 Å². The van der Waals surface area contributed by atoms with Gasteiger partial charge in [-0.25, -0.2) is 0 Å². The molecule has 2 rings (SSSR count). The molecule has 1 aliphatic rings. The molecule has 1 fully saturated rings. The molecular formula is C12H15Br2NOS. The molecule has 0 radical (unpaired) electrons. The van der Waals surface area contributed by atoms with Crippen molar-refractivity contribution in [2.75, 3.05) is 11.9 Å². The average molecular weight is 381 g/mol. The predicted molar refractivity (Wildman–Crippen MR) is 79.0 cm³/mol. The van der Waals surface area contributed by atoms with Crippen molar-refractivity contribution in [3.8, 4) is 0 Å². The van der Waals surface area contributed by atoms with Crippen molar-refractivity contribution in [3.05, 3.63) is 20.8 Å². The van der Waals surface area contributed by atoms with Crippen LogP contribution in [0.5, 0.6) is 0 Å². The number of alkyl halides is 1. The molecule has 2 unspecified atom stereocenters. The lowest BCUT2D eigenvalue weighted by atomic mass is 9.98. The van der Waals surface area contributed by atoms with Gasteiger partial charge in [0.15, 0.2) is 0 Å². The van der Waals surface area contributed by atoms with Crippen molar-refractivity contribution >= 4 is 49.1 Å². The largest absolute Gasteiger partial charge is 0.352 e. The zero-order valence-corrected chi connectivity index (χ0v) is 13.4. The maximum atomic E-state index is 11.9. The summed E-state index contributed by atoms with van der Waals surface area (Å²) in [5, 5.41) is 5.98. The van der Waals surface area contributed by atoms with Crippen LogP contribution in [-0.2, 0) is 0 Å². The average Bonchev–Trinajstić information content (AvgIpc) is 2.94. The Kier molecular flexibility index (Phi) is 5.06. The van der Waals surface area contributed by atoms with Crippen LogP contribution < -0.4 is 5.32 Å². The van der Waals surface area contributed by atoms with Gasteiger partial charge >= 0.3 is 0 Å². The molecule has 0 aliphatic heterocycles. The first kappa shape index (κ1) is 13.6. The molecule has 17 heavy (non-hydrogen) atoms. The van der Waals surface area contributed by atoms with Crippen LogP contribution >= 0.6 is 43.2 Å². The Hall–Kier alpha value is 0.130. The summed E-state index contributed by atoms with van der Waals surface area (Å²) in [6.45, 7) is 0.808. The van der Waals surface area contributed by atoms with Gasteiger partial charge in [-0.3, -0.25) is 4.79 Å². The lowest BCUT2D eigenvalue weighted by Crippen LogP contribution is -2.30. The Bertz CT molecular complexity index is 394. The Morgan fingerprint density at radius 3 is 2.88 bits per heavy atom. The van der Waals surface area contributed by atoms with Crippen molar-refractivity contribution in [2.24, 2.45) is 11.8 Å². The van der Waals surface area contributed by atoms with Crippen LogP contribution in [-0.4, -0.2) is 17.8 Å². The summed E-state index contributed by atoms with van der Waals surface area (Å²) in [5.74, 6) is 1.41. The van der Waals surface area contributed by atoms with E-state index in [2.05, 4.69) is 37.2 Å². The molecule has 1 aliphatic carbocycles. The van der Waals surface area contributed by atoms with Gasteiger partial charge in [-0.15, -0.1) is 11.3 Å². The van der Waals surface area contributed by atoms with Gasteiger partial charge in [-0.1, -0.05) is 22.4 Å². The van der Waals surface area contributed by atoms with Crippen molar-refractivity contribution in [2.45, 2.75) is 19.3 Å². The molecule has 0 saturated heterocycles. The number of carbonyl (C=O) groups is 1. The van der Waals surface area contributed by atoms with Crippen molar-refractivity contribution in [1.29, 1.82) is 0 Å². The van der Waals surface area contributed by atoms with Gasteiger partial charge < -0.3 is 5.32 Å². The third kappa shape index (κ3) is 3.55. The van der Waals surface area contributed by atoms with Crippen molar-refractivity contribution in [1.82, 2.24) is 5.32 Å². The van der Waals surface area contributed by atoms with E-state index in [-0.39, 0.29) is 5.91 Å². The Labute approximate surface area is 122 Å². The number of rotatable bonds is 4. The molecule has 0 spiro atoms. The quantitative estimate of drug-likeness (QED) is 0.784. The summed E-state index contributed by atoms with van der Waals surface area (Å²) in [5.41, 5.74) is 0.760. The van der Waals surface area contributed by atoms with E-state index >= 15 is 0 Å². The molecular weight excluding hydrogens is 366 g/mol. The predicted octanol–water partition coefficient (Wildman–Crippen LogP) is 4.05. The molecule has 1 heterocycles. The molecule has 1 saturated carbocycles. The third-order valence-electron chi connectivity index (χ3n) is 3.37. The van der Waals surface area contributed by atoms with Crippen LogP contribution in [0, 0.1) is 11.8 Å². The highest BCUT2D eigenvalue weighted by molar-refractivity contribution is 9.11. The zero-order valence-electron chi connectivity index (χ0n) is 9.42. The molecule has 2 nitrogen and oxygen atoms in total. The second-order valence-electron chi connectivity index (χ2n) is 4.45. The number of halogens is 2. The summed E-state index contributed by atoms with van der Waals surface area (Å²) in [6, 6.07) is 1.87. The highest BCUT2D eigenvalue weighted by Crippen LogP contribution is 2.32. The molecule has 2 atom stereocenters. The molecule has 1 aromatic heterocycles. The minimum Gasteiger partial charge on any atom is -0.352 e. The van der Waals surface area contributed by atoms with Crippen LogP contribution in [0.1, 0.15) is 29.6 Å². The van der Waals surface area contributed by atoms with Crippen molar-refractivity contribution < 1.29 is 4.79 Å².